The molecule has 160 valence electrons. The molecular weight excluding hydrogens is 406 g/mol. The molecule has 31 heavy (non-hydrogen) atoms. The van der Waals surface area contributed by atoms with E-state index in [9.17, 15) is 8.42 Å². The van der Waals surface area contributed by atoms with Gasteiger partial charge in [-0.3, -0.25) is 0 Å². The Hall–Kier alpha value is -2.63. The predicted octanol–water partition coefficient (Wildman–Crippen LogP) is 4.70. The molecule has 5 heteroatoms. The predicted molar refractivity (Wildman–Crippen MR) is 122 cm³/mol. The van der Waals surface area contributed by atoms with Crippen LogP contribution >= 0.6 is 0 Å². The molecule has 0 N–H and O–H groups in total. The van der Waals surface area contributed by atoms with E-state index in [1.54, 1.807) is 30.3 Å². The van der Waals surface area contributed by atoms with Gasteiger partial charge in [0, 0.05) is 11.5 Å². The maximum atomic E-state index is 12.9. The fourth-order valence-corrected chi connectivity index (χ4v) is 6.14. The third kappa shape index (κ3) is 3.56. The minimum absolute atomic E-state index is 0.112. The second-order valence-electron chi connectivity index (χ2n) is 8.91. The minimum Gasteiger partial charge on any atom is -0.379 e. The molecule has 0 saturated carbocycles. The minimum atomic E-state index is -3.88. The van der Waals surface area contributed by atoms with Crippen LogP contribution < -0.4 is 4.18 Å². The zero-order valence-electron chi connectivity index (χ0n) is 17.9. The normalized spacial score (nSPS) is 23.2. The van der Waals surface area contributed by atoms with Gasteiger partial charge in [0.05, 0.1) is 0 Å². The molecule has 1 aliphatic carbocycles. The summed E-state index contributed by atoms with van der Waals surface area (Å²) in [6, 6.07) is 23.7. The van der Waals surface area contributed by atoms with Crippen molar-refractivity contribution in [2.75, 3.05) is 13.6 Å². The van der Waals surface area contributed by atoms with Crippen LogP contribution in [0.25, 0.3) is 0 Å². The van der Waals surface area contributed by atoms with Crippen molar-refractivity contribution in [2.45, 2.75) is 42.5 Å². The van der Waals surface area contributed by atoms with E-state index in [-0.39, 0.29) is 10.3 Å². The van der Waals surface area contributed by atoms with Crippen LogP contribution in [-0.4, -0.2) is 33.0 Å². The number of piperidine rings is 1. The molecule has 0 spiro atoms. The molecule has 2 aliphatic rings. The highest BCUT2D eigenvalue weighted by Crippen LogP contribution is 2.49. The Morgan fingerprint density at radius 3 is 2.48 bits per heavy atom. The van der Waals surface area contributed by atoms with Crippen LogP contribution in [-0.2, 0) is 22.0 Å². The van der Waals surface area contributed by atoms with Gasteiger partial charge in [-0.1, -0.05) is 54.1 Å². The topological polar surface area (TPSA) is 46.6 Å². The monoisotopic (exact) mass is 433 g/mol. The first-order chi connectivity index (χ1) is 14.9. The van der Waals surface area contributed by atoms with E-state index in [2.05, 4.69) is 42.3 Å². The lowest BCUT2D eigenvalue weighted by Crippen LogP contribution is -2.52. The molecule has 0 radical (unpaired) electrons. The summed E-state index contributed by atoms with van der Waals surface area (Å²) in [5, 5.41) is 0. The number of aryl methyl sites for hydroxylation is 1. The van der Waals surface area contributed by atoms with Gasteiger partial charge in [-0.05, 0) is 80.7 Å². The Balaban J connectivity index is 1.57. The molecular formula is C26H27NO3S. The second-order valence-corrected chi connectivity index (χ2v) is 10.5. The first-order valence-electron chi connectivity index (χ1n) is 10.8. The van der Waals surface area contributed by atoms with Crippen molar-refractivity contribution in [1.82, 2.24) is 4.90 Å². The van der Waals surface area contributed by atoms with Crippen molar-refractivity contribution in [3.8, 4) is 5.75 Å². The van der Waals surface area contributed by atoms with Crippen molar-refractivity contribution in [2.24, 2.45) is 0 Å². The van der Waals surface area contributed by atoms with E-state index in [1.807, 2.05) is 19.1 Å². The fraction of sp³-hybridized carbons (Fsp3) is 0.308. The Morgan fingerprint density at radius 2 is 1.74 bits per heavy atom. The summed E-state index contributed by atoms with van der Waals surface area (Å²) in [6.07, 6.45) is 3.02. The molecule has 1 fully saturated rings. The van der Waals surface area contributed by atoms with Gasteiger partial charge in [0.2, 0.25) is 0 Å². The van der Waals surface area contributed by atoms with Gasteiger partial charge in [0.15, 0.2) is 0 Å². The van der Waals surface area contributed by atoms with E-state index in [0.717, 1.165) is 31.4 Å². The van der Waals surface area contributed by atoms with E-state index in [4.69, 9.17) is 4.18 Å². The second kappa shape index (κ2) is 7.50. The summed E-state index contributed by atoms with van der Waals surface area (Å²) >= 11 is 0. The van der Waals surface area contributed by atoms with Crippen molar-refractivity contribution in [3.63, 3.8) is 0 Å². The Labute approximate surface area is 184 Å². The number of likely N-dealkylation sites (tertiary alicyclic amines) is 1. The van der Waals surface area contributed by atoms with Gasteiger partial charge in [0.25, 0.3) is 0 Å². The Morgan fingerprint density at radius 1 is 1.00 bits per heavy atom. The van der Waals surface area contributed by atoms with Crippen LogP contribution in [0.1, 0.15) is 35.1 Å². The largest absolute Gasteiger partial charge is 0.379 e. The highest BCUT2D eigenvalue weighted by atomic mass is 32.2. The molecule has 0 aromatic heterocycles. The lowest BCUT2D eigenvalue weighted by Gasteiger charge is -2.50. The number of likely N-dealkylation sites (N-methyl/N-ethyl adjacent to an activating group) is 1. The number of benzene rings is 3. The van der Waals surface area contributed by atoms with Crippen LogP contribution in [0, 0.1) is 6.92 Å². The van der Waals surface area contributed by atoms with Crippen LogP contribution in [0.2, 0.25) is 0 Å². The van der Waals surface area contributed by atoms with Crippen LogP contribution in [0.5, 0.6) is 5.75 Å². The molecule has 2 unspecified atom stereocenters. The highest BCUT2D eigenvalue weighted by Gasteiger charge is 2.46. The average molecular weight is 434 g/mol. The van der Waals surface area contributed by atoms with E-state index < -0.39 is 10.1 Å². The molecule has 3 aromatic carbocycles. The molecule has 5 rings (SSSR count). The lowest BCUT2D eigenvalue weighted by molar-refractivity contribution is 0.123. The maximum absolute atomic E-state index is 12.9. The summed E-state index contributed by atoms with van der Waals surface area (Å²) in [7, 11) is -1.67. The summed E-state index contributed by atoms with van der Waals surface area (Å²) in [4.78, 5) is 2.63. The lowest BCUT2D eigenvalue weighted by atomic mass is 9.60. The Bertz CT molecular complexity index is 1210. The third-order valence-electron chi connectivity index (χ3n) is 6.99. The van der Waals surface area contributed by atoms with Crippen molar-refractivity contribution in [3.05, 3.63) is 95.1 Å². The summed E-state index contributed by atoms with van der Waals surface area (Å²) < 4.78 is 31.3. The standard InChI is InChI=1S/C26H27NO3S/c1-19-8-12-24(13-9-19)31(28,29)30-23-11-10-20-16-22-18-26(25(20)17-23,14-15-27(22)2)21-6-4-3-5-7-21/h3-13,17,22H,14-16,18H2,1-2H3. The zero-order chi connectivity index (χ0) is 21.6. The fourth-order valence-electron chi connectivity index (χ4n) is 5.22. The summed E-state index contributed by atoms with van der Waals surface area (Å²) in [5.74, 6) is 0.381. The molecule has 3 aromatic rings. The van der Waals surface area contributed by atoms with Crippen LogP contribution in [0.3, 0.4) is 0 Å². The Kier molecular flexibility index (Phi) is 4.91. The first-order valence-corrected chi connectivity index (χ1v) is 12.2. The first kappa shape index (κ1) is 20.3. The van der Waals surface area contributed by atoms with E-state index in [0.29, 0.717) is 11.8 Å². The van der Waals surface area contributed by atoms with Gasteiger partial charge < -0.3 is 9.08 Å². The van der Waals surface area contributed by atoms with Gasteiger partial charge in [-0.25, -0.2) is 0 Å². The number of hydrogen-bond donors (Lipinski definition) is 0. The van der Waals surface area contributed by atoms with E-state index >= 15 is 0 Å². The van der Waals surface area contributed by atoms with E-state index in [1.165, 1.54) is 16.7 Å². The van der Waals surface area contributed by atoms with Crippen molar-refractivity contribution < 1.29 is 12.6 Å². The van der Waals surface area contributed by atoms with Gasteiger partial charge in [0.1, 0.15) is 10.6 Å². The van der Waals surface area contributed by atoms with Crippen molar-refractivity contribution in [1.29, 1.82) is 0 Å². The number of rotatable bonds is 4. The summed E-state index contributed by atoms with van der Waals surface area (Å²) in [5.41, 5.74) is 4.69. The van der Waals surface area contributed by atoms with Gasteiger partial charge >= 0.3 is 10.1 Å². The molecule has 1 saturated heterocycles. The molecule has 2 atom stereocenters. The number of fused-ring (bicyclic) bond motifs is 4. The third-order valence-corrected chi connectivity index (χ3v) is 8.25. The SMILES string of the molecule is Cc1ccc(S(=O)(=O)Oc2ccc3c(c2)C2(c4ccccc4)CCN(C)C(C3)C2)cc1. The molecule has 4 nitrogen and oxygen atoms in total. The molecule has 1 aliphatic heterocycles. The smallest absolute Gasteiger partial charge is 0.339 e. The average Bonchev–Trinajstić information content (AvgIpc) is 2.77. The van der Waals surface area contributed by atoms with Crippen LogP contribution in [0.15, 0.2) is 77.7 Å². The molecule has 1 heterocycles. The quantitative estimate of drug-likeness (QED) is 0.560. The number of hydrogen-bond acceptors (Lipinski definition) is 4. The highest BCUT2D eigenvalue weighted by molar-refractivity contribution is 7.87. The van der Waals surface area contributed by atoms with Crippen molar-refractivity contribution >= 4 is 10.1 Å². The zero-order valence-corrected chi connectivity index (χ0v) is 18.7. The summed E-state index contributed by atoms with van der Waals surface area (Å²) in [6.45, 7) is 2.95. The molecule has 2 bridgehead atoms. The number of nitrogens with zero attached hydrogens (tertiary/aromatic N) is 1. The molecule has 0 amide bonds. The van der Waals surface area contributed by atoms with Crippen LogP contribution in [0.4, 0.5) is 0 Å². The van der Waals surface area contributed by atoms with Gasteiger partial charge in [-0.2, -0.15) is 8.42 Å². The van der Waals surface area contributed by atoms with Gasteiger partial charge in [-0.15, -0.1) is 0 Å². The maximum Gasteiger partial charge on any atom is 0.339 e.